The molecule has 126 valence electrons. The third-order valence-electron chi connectivity index (χ3n) is 4.52. The Morgan fingerprint density at radius 2 is 2.00 bits per heavy atom. The number of rotatable bonds is 3. The second-order valence-corrected chi connectivity index (χ2v) is 6.27. The molecule has 3 rings (SSSR count). The summed E-state index contributed by atoms with van der Waals surface area (Å²) in [7, 11) is 0. The lowest BCUT2D eigenvalue weighted by atomic mass is 9.86. The predicted molar refractivity (Wildman–Crippen MR) is 87.0 cm³/mol. The number of nitrogens with zero attached hydrogens (tertiary/aromatic N) is 2. The van der Waals surface area contributed by atoms with Crippen LogP contribution in [0.1, 0.15) is 41.6 Å². The van der Waals surface area contributed by atoms with Crippen LogP contribution in [0.2, 0.25) is 0 Å². The van der Waals surface area contributed by atoms with Crippen molar-refractivity contribution >= 4 is 17.5 Å². The Bertz CT molecular complexity index is 851. The summed E-state index contributed by atoms with van der Waals surface area (Å²) in [6, 6.07) is 3.45. The van der Waals surface area contributed by atoms with E-state index in [9.17, 15) is 14.4 Å². The number of hydrogen-bond acceptors (Lipinski definition) is 4. The van der Waals surface area contributed by atoms with Crippen LogP contribution in [0.25, 0.3) is 5.65 Å². The lowest BCUT2D eigenvalue weighted by Gasteiger charge is -2.26. The summed E-state index contributed by atoms with van der Waals surface area (Å²) >= 11 is 0. The third-order valence-corrected chi connectivity index (χ3v) is 4.52. The number of aliphatic carboxylic acids is 1. The van der Waals surface area contributed by atoms with Gasteiger partial charge in [0.15, 0.2) is 0 Å². The standard InChI is InChI=1S/C17H19N3O4/c1-10-6-7-20-14(8-10)18-9-13(16(20)22)15(21)19-12-4-2-11(3-5-12)17(23)24/h6-9,11-12H,2-5H2,1H3,(H,19,21)(H,23,24). The highest BCUT2D eigenvalue weighted by molar-refractivity contribution is 5.94. The van der Waals surface area contributed by atoms with Gasteiger partial charge in [0.1, 0.15) is 11.2 Å². The summed E-state index contributed by atoms with van der Waals surface area (Å²) in [6.07, 6.45) is 5.18. The SMILES string of the molecule is Cc1ccn2c(=O)c(C(=O)NC3CCC(C(=O)O)CC3)cnc2c1. The molecule has 0 spiro atoms. The van der Waals surface area contributed by atoms with E-state index in [4.69, 9.17) is 5.11 Å². The van der Waals surface area contributed by atoms with Crippen molar-refractivity contribution in [2.75, 3.05) is 0 Å². The van der Waals surface area contributed by atoms with Crippen LogP contribution in [-0.2, 0) is 4.79 Å². The average Bonchev–Trinajstić information content (AvgIpc) is 2.55. The molecule has 0 bridgehead atoms. The lowest BCUT2D eigenvalue weighted by molar-refractivity contribution is -0.142. The van der Waals surface area contributed by atoms with Gasteiger partial charge >= 0.3 is 5.97 Å². The Hall–Kier alpha value is -2.70. The topological polar surface area (TPSA) is 101 Å². The summed E-state index contributed by atoms with van der Waals surface area (Å²) in [5, 5.41) is 11.8. The molecule has 7 heteroatoms. The molecule has 0 saturated heterocycles. The van der Waals surface area contributed by atoms with Crippen LogP contribution in [0.4, 0.5) is 0 Å². The zero-order valence-electron chi connectivity index (χ0n) is 13.4. The fourth-order valence-electron chi connectivity index (χ4n) is 3.08. The summed E-state index contributed by atoms with van der Waals surface area (Å²) in [6.45, 7) is 1.90. The number of carbonyl (C=O) groups excluding carboxylic acids is 1. The molecule has 0 unspecified atom stereocenters. The van der Waals surface area contributed by atoms with Crippen molar-refractivity contribution in [2.45, 2.75) is 38.6 Å². The van der Waals surface area contributed by atoms with Gasteiger partial charge in [0.25, 0.3) is 11.5 Å². The van der Waals surface area contributed by atoms with E-state index in [2.05, 4.69) is 10.3 Å². The van der Waals surface area contributed by atoms with E-state index < -0.39 is 17.4 Å². The average molecular weight is 329 g/mol. The van der Waals surface area contributed by atoms with E-state index in [-0.39, 0.29) is 17.5 Å². The van der Waals surface area contributed by atoms with Crippen LogP contribution in [0.5, 0.6) is 0 Å². The highest BCUT2D eigenvalue weighted by Gasteiger charge is 2.27. The molecule has 0 radical (unpaired) electrons. The molecule has 2 N–H and O–H groups in total. The zero-order chi connectivity index (χ0) is 17.3. The van der Waals surface area contributed by atoms with Crippen LogP contribution < -0.4 is 10.9 Å². The molecule has 7 nitrogen and oxygen atoms in total. The minimum atomic E-state index is -0.785. The molecule has 1 aliphatic carbocycles. The first kappa shape index (κ1) is 16.2. The molecular weight excluding hydrogens is 310 g/mol. The van der Waals surface area contributed by atoms with Gasteiger partial charge in [-0.1, -0.05) is 0 Å². The number of carboxylic acids is 1. The summed E-state index contributed by atoms with van der Waals surface area (Å²) in [4.78, 5) is 40.0. The van der Waals surface area contributed by atoms with E-state index in [0.29, 0.717) is 31.3 Å². The second kappa shape index (κ2) is 6.43. The zero-order valence-corrected chi connectivity index (χ0v) is 13.4. The Balaban J connectivity index is 1.75. The Kier molecular flexibility index (Phi) is 4.33. The summed E-state index contributed by atoms with van der Waals surface area (Å²) in [5.74, 6) is -1.58. The van der Waals surface area contributed by atoms with Crippen molar-refractivity contribution in [3.05, 3.63) is 46.0 Å². The first-order valence-corrected chi connectivity index (χ1v) is 7.97. The van der Waals surface area contributed by atoms with Crippen LogP contribution in [0.15, 0.2) is 29.3 Å². The molecule has 0 aliphatic heterocycles. The largest absolute Gasteiger partial charge is 0.481 e. The van der Waals surface area contributed by atoms with Crippen molar-refractivity contribution in [2.24, 2.45) is 5.92 Å². The van der Waals surface area contributed by atoms with Crippen LogP contribution in [0.3, 0.4) is 0 Å². The van der Waals surface area contributed by atoms with Gasteiger partial charge in [0.2, 0.25) is 0 Å². The van der Waals surface area contributed by atoms with Crippen molar-refractivity contribution < 1.29 is 14.7 Å². The summed E-state index contributed by atoms with van der Waals surface area (Å²) < 4.78 is 1.35. The minimum Gasteiger partial charge on any atom is -0.481 e. The van der Waals surface area contributed by atoms with Gasteiger partial charge < -0.3 is 10.4 Å². The van der Waals surface area contributed by atoms with Crippen LogP contribution >= 0.6 is 0 Å². The molecule has 2 aromatic heterocycles. The fourth-order valence-corrected chi connectivity index (χ4v) is 3.08. The maximum Gasteiger partial charge on any atom is 0.306 e. The highest BCUT2D eigenvalue weighted by Crippen LogP contribution is 2.24. The number of carbonyl (C=O) groups is 2. The smallest absolute Gasteiger partial charge is 0.306 e. The van der Waals surface area contributed by atoms with Gasteiger partial charge in [0.05, 0.1) is 5.92 Å². The number of aryl methyl sites for hydroxylation is 1. The third kappa shape index (κ3) is 3.15. The molecule has 0 atom stereocenters. The normalized spacial score (nSPS) is 20.7. The van der Waals surface area contributed by atoms with Crippen LogP contribution in [0, 0.1) is 12.8 Å². The molecule has 1 saturated carbocycles. The number of fused-ring (bicyclic) bond motifs is 1. The van der Waals surface area contributed by atoms with E-state index in [1.165, 1.54) is 10.6 Å². The Labute approximate surface area is 138 Å². The molecule has 24 heavy (non-hydrogen) atoms. The van der Waals surface area contributed by atoms with E-state index in [1.807, 2.05) is 6.92 Å². The number of aromatic nitrogens is 2. The summed E-state index contributed by atoms with van der Waals surface area (Å²) in [5.41, 5.74) is 1.07. The number of carboxylic acid groups (broad SMARTS) is 1. The number of nitrogens with one attached hydrogen (secondary N) is 1. The van der Waals surface area contributed by atoms with E-state index in [0.717, 1.165) is 5.56 Å². The van der Waals surface area contributed by atoms with E-state index in [1.54, 1.807) is 18.3 Å². The van der Waals surface area contributed by atoms with Crippen molar-refractivity contribution in [3.8, 4) is 0 Å². The molecule has 1 fully saturated rings. The lowest BCUT2D eigenvalue weighted by Crippen LogP contribution is -2.41. The van der Waals surface area contributed by atoms with Crippen LogP contribution in [-0.4, -0.2) is 32.4 Å². The van der Waals surface area contributed by atoms with Crippen molar-refractivity contribution in [3.63, 3.8) is 0 Å². The first-order valence-electron chi connectivity index (χ1n) is 7.97. The molecule has 2 heterocycles. The van der Waals surface area contributed by atoms with E-state index >= 15 is 0 Å². The molecule has 0 aromatic carbocycles. The highest BCUT2D eigenvalue weighted by atomic mass is 16.4. The first-order chi connectivity index (χ1) is 11.5. The van der Waals surface area contributed by atoms with Crippen molar-refractivity contribution in [1.82, 2.24) is 14.7 Å². The van der Waals surface area contributed by atoms with Gasteiger partial charge in [-0.25, -0.2) is 4.98 Å². The molecule has 2 aromatic rings. The predicted octanol–water partition coefficient (Wildman–Crippen LogP) is 1.38. The minimum absolute atomic E-state index is 0.00305. The maximum absolute atomic E-state index is 12.4. The van der Waals surface area contributed by atoms with Gasteiger partial charge in [-0.05, 0) is 50.3 Å². The van der Waals surface area contributed by atoms with Gasteiger partial charge in [-0.15, -0.1) is 0 Å². The fraction of sp³-hybridized carbons (Fsp3) is 0.412. The van der Waals surface area contributed by atoms with Gasteiger partial charge in [-0.2, -0.15) is 0 Å². The molecule has 1 amide bonds. The Morgan fingerprint density at radius 3 is 2.67 bits per heavy atom. The van der Waals surface area contributed by atoms with Crippen molar-refractivity contribution in [1.29, 1.82) is 0 Å². The monoisotopic (exact) mass is 329 g/mol. The molecule has 1 aliphatic rings. The number of amides is 1. The Morgan fingerprint density at radius 1 is 1.29 bits per heavy atom. The second-order valence-electron chi connectivity index (χ2n) is 6.27. The number of pyridine rings is 1. The quantitative estimate of drug-likeness (QED) is 0.886. The molecular formula is C17H19N3O4. The number of hydrogen-bond donors (Lipinski definition) is 2. The maximum atomic E-state index is 12.4. The van der Waals surface area contributed by atoms with Gasteiger partial charge in [0, 0.05) is 18.4 Å². The van der Waals surface area contributed by atoms with Gasteiger partial charge in [-0.3, -0.25) is 18.8 Å².